The maximum absolute atomic E-state index is 9.90. The number of aryl methyl sites for hydroxylation is 1. The van der Waals surface area contributed by atoms with Gasteiger partial charge in [0.1, 0.15) is 16.9 Å². The summed E-state index contributed by atoms with van der Waals surface area (Å²) in [6.07, 6.45) is 8.78. The fourth-order valence-corrected chi connectivity index (χ4v) is 7.29. The maximum Gasteiger partial charge on any atom is 0.184 e. The zero-order chi connectivity index (χ0) is 23.3. The van der Waals surface area contributed by atoms with Crippen molar-refractivity contribution in [3.8, 4) is 17.6 Å². The van der Waals surface area contributed by atoms with E-state index in [-0.39, 0.29) is 5.41 Å². The van der Waals surface area contributed by atoms with Crippen LogP contribution in [-0.4, -0.2) is 53.3 Å². The van der Waals surface area contributed by atoms with Crippen LogP contribution < -0.4 is 10.6 Å². The first kappa shape index (κ1) is 21.6. The molecule has 0 saturated carbocycles. The molecule has 3 aliphatic rings. The molecule has 3 aromatic rings. The molecule has 0 unspecified atom stereocenters. The highest BCUT2D eigenvalue weighted by Gasteiger charge is 2.48. The molecule has 1 spiro atoms. The third kappa shape index (κ3) is 3.31. The molecule has 9 heteroatoms. The van der Waals surface area contributed by atoms with Crippen molar-refractivity contribution in [1.29, 1.82) is 5.26 Å². The molecule has 8 nitrogen and oxygen atoms in total. The zero-order valence-corrected chi connectivity index (χ0v) is 20.3. The molecule has 0 bridgehead atoms. The Kier molecular flexibility index (Phi) is 5.30. The van der Waals surface area contributed by atoms with Gasteiger partial charge in [-0.2, -0.15) is 5.26 Å². The van der Waals surface area contributed by atoms with Gasteiger partial charge in [0.2, 0.25) is 0 Å². The SMILES string of the molecule is CN1CCCN(c2ccnc(-c3noc4c3CCC[C@@]43CCCc4sc(N)c(C#N)c43)n2)CC1. The van der Waals surface area contributed by atoms with Gasteiger partial charge in [-0.3, -0.25) is 0 Å². The number of nitrogens with two attached hydrogens (primary N) is 1. The Balaban J connectivity index is 1.41. The molecule has 1 aliphatic heterocycles. The van der Waals surface area contributed by atoms with Crippen molar-refractivity contribution >= 4 is 22.2 Å². The van der Waals surface area contributed by atoms with E-state index < -0.39 is 0 Å². The molecular formula is C25H29N7OS. The number of thiophene rings is 1. The molecule has 34 heavy (non-hydrogen) atoms. The summed E-state index contributed by atoms with van der Waals surface area (Å²) in [7, 11) is 2.17. The number of nitrogens with zero attached hydrogens (tertiary/aromatic N) is 6. The van der Waals surface area contributed by atoms with Crippen molar-refractivity contribution in [2.75, 3.05) is 43.9 Å². The predicted molar refractivity (Wildman–Crippen MR) is 132 cm³/mol. The number of fused-ring (bicyclic) bond motifs is 4. The summed E-state index contributed by atoms with van der Waals surface area (Å²) in [6, 6.07) is 4.38. The highest BCUT2D eigenvalue weighted by molar-refractivity contribution is 7.16. The van der Waals surface area contributed by atoms with Gasteiger partial charge in [-0.1, -0.05) is 5.16 Å². The minimum absolute atomic E-state index is 0.321. The standard InChI is InChI=1S/C25H29N7OS/c1-31-11-4-12-32(14-13-31)19-7-10-28-24(29-19)21-16-5-2-8-25(22(16)33-30-21)9-3-6-18-20(25)17(15-26)23(27)34-18/h7,10H,2-6,8-9,11-14,27H2,1H3/t25-/m0/s1. The van der Waals surface area contributed by atoms with Gasteiger partial charge < -0.3 is 20.1 Å². The molecule has 2 N–H and O–H groups in total. The number of hydrogen-bond donors (Lipinski definition) is 1. The highest BCUT2D eigenvalue weighted by Crippen LogP contribution is 2.55. The third-order valence-electron chi connectivity index (χ3n) is 7.76. The molecule has 4 heterocycles. The van der Waals surface area contributed by atoms with Crippen molar-refractivity contribution in [3.05, 3.63) is 39.6 Å². The van der Waals surface area contributed by atoms with E-state index in [0.717, 1.165) is 99.5 Å². The second-order valence-electron chi connectivity index (χ2n) is 9.76. The molecule has 1 atom stereocenters. The number of nitriles is 1. The van der Waals surface area contributed by atoms with Crippen LogP contribution in [0, 0.1) is 11.3 Å². The molecule has 176 valence electrons. The van der Waals surface area contributed by atoms with Gasteiger partial charge in [-0.05, 0) is 70.2 Å². The first-order valence-corrected chi connectivity index (χ1v) is 13.0. The maximum atomic E-state index is 9.90. The lowest BCUT2D eigenvalue weighted by Crippen LogP contribution is -2.35. The van der Waals surface area contributed by atoms with E-state index in [4.69, 9.17) is 15.2 Å². The summed E-state index contributed by atoms with van der Waals surface area (Å²) in [6.45, 7) is 4.06. The van der Waals surface area contributed by atoms with Crippen LogP contribution in [0.3, 0.4) is 0 Å². The summed E-state index contributed by atoms with van der Waals surface area (Å²) in [5.74, 6) is 2.47. The van der Waals surface area contributed by atoms with Crippen LogP contribution in [0.15, 0.2) is 16.8 Å². The Labute approximate surface area is 203 Å². The summed E-state index contributed by atoms with van der Waals surface area (Å²) >= 11 is 1.57. The third-order valence-corrected chi connectivity index (χ3v) is 8.83. The Hall–Kier alpha value is -2.96. The first-order valence-electron chi connectivity index (χ1n) is 12.2. The van der Waals surface area contributed by atoms with Crippen LogP contribution >= 0.6 is 11.3 Å². The van der Waals surface area contributed by atoms with Crippen LogP contribution in [0.5, 0.6) is 0 Å². The fourth-order valence-electron chi connectivity index (χ4n) is 6.13. The van der Waals surface area contributed by atoms with E-state index in [1.165, 1.54) is 4.88 Å². The molecule has 6 rings (SSSR count). The summed E-state index contributed by atoms with van der Waals surface area (Å²) in [4.78, 5) is 15.5. The van der Waals surface area contributed by atoms with Crippen LogP contribution in [0.1, 0.15) is 59.4 Å². The van der Waals surface area contributed by atoms with Crippen LogP contribution in [0.2, 0.25) is 0 Å². The lowest BCUT2D eigenvalue weighted by atomic mass is 9.63. The Morgan fingerprint density at radius 3 is 2.85 bits per heavy atom. The van der Waals surface area contributed by atoms with Crippen LogP contribution in [0.25, 0.3) is 11.5 Å². The van der Waals surface area contributed by atoms with E-state index in [2.05, 4.69) is 33.1 Å². The largest absolute Gasteiger partial charge is 0.389 e. The average Bonchev–Trinajstić information content (AvgIpc) is 3.36. The second kappa shape index (κ2) is 8.36. The number of likely N-dealkylation sites (N-methyl/N-ethyl adjacent to an activating group) is 1. The van der Waals surface area contributed by atoms with Gasteiger partial charge >= 0.3 is 0 Å². The minimum atomic E-state index is -0.321. The van der Waals surface area contributed by atoms with Crippen LogP contribution in [-0.2, 0) is 18.3 Å². The van der Waals surface area contributed by atoms with Gasteiger partial charge in [0.05, 0.1) is 11.0 Å². The van der Waals surface area contributed by atoms with Crippen molar-refractivity contribution in [2.45, 2.75) is 50.4 Å². The first-order chi connectivity index (χ1) is 16.6. The Morgan fingerprint density at radius 2 is 2.00 bits per heavy atom. The van der Waals surface area contributed by atoms with E-state index in [0.29, 0.717) is 16.4 Å². The van der Waals surface area contributed by atoms with E-state index in [1.807, 2.05) is 12.3 Å². The fraction of sp³-hybridized carbons (Fsp3) is 0.520. The molecule has 0 amide bonds. The van der Waals surface area contributed by atoms with Crippen LogP contribution in [0.4, 0.5) is 10.8 Å². The average molecular weight is 476 g/mol. The van der Waals surface area contributed by atoms with Gasteiger partial charge in [-0.15, -0.1) is 11.3 Å². The number of nitrogen functional groups attached to an aromatic ring is 1. The lowest BCUT2D eigenvalue weighted by Gasteiger charge is -2.39. The Bertz CT molecular complexity index is 1270. The predicted octanol–water partition coefficient (Wildman–Crippen LogP) is 3.75. The number of anilines is 2. The quantitative estimate of drug-likeness (QED) is 0.597. The smallest absolute Gasteiger partial charge is 0.184 e. The number of hydrogen-bond acceptors (Lipinski definition) is 9. The van der Waals surface area contributed by atoms with Gasteiger partial charge in [0.15, 0.2) is 17.3 Å². The molecule has 0 radical (unpaired) electrons. The molecule has 1 fully saturated rings. The molecule has 3 aromatic heterocycles. The summed E-state index contributed by atoms with van der Waals surface area (Å²) < 4.78 is 6.12. The van der Waals surface area contributed by atoms with Gasteiger partial charge in [-0.25, -0.2) is 9.97 Å². The molecule has 0 aromatic carbocycles. The molecular weight excluding hydrogens is 446 g/mol. The van der Waals surface area contributed by atoms with Crippen molar-refractivity contribution in [1.82, 2.24) is 20.0 Å². The van der Waals surface area contributed by atoms with Crippen molar-refractivity contribution < 1.29 is 4.52 Å². The van der Waals surface area contributed by atoms with E-state index in [9.17, 15) is 5.26 Å². The van der Waals surface area contributed by atoms with Gasteiger partial charge in [0.25, 0.3) is 0 Å². The normalized spacial score (nSPS) is 22.8. The zero-order valence-electron chi connectivity index (χ0n) is 19.5. The number of aromatic nitrogens is 3. The number of rotatable bonds is 2. The highest BCUT2D eigenvalue weighted by atomic mass is 32.1. The molecule has 1 saturated heterocycles. The van der Waals surface area contributed by atoms with E-state index in [1.54, 1.807) is 11.3 Å². The lowest BCUT2D eigenvalue weighted by molar-refractivity contribution is 0.265. The van der Waals surface area contributed by atoms with E-state index >= 15 is 0 Å². The Morgan fingerprint density at radius 1 is 1.15 bits per heavy atom. The van der Waals surface area contributed by atoms with Crippen molar-refractivity contribution in [3.63, 3.8) is 0 Å². The van der Waals surface area contributed by atoms with Crippen molar-refractivity contribution in [2.24, 2.45) is 0 Å². The topological polar surface area (TPSA) is 108 Å². The molecule has 2 aliphatic carbocycles. The second-order valence-corrected chi connectivity index (χ2v) is 10.9. The monoisotopic (exact) mass is 475 g/mol. The minimum Gasteiger partial charge on any atom is -0.389 e. The van der Waals surface area contributed by atoms with Gasteiger partial charge in [0, 0.05) is 36.3 Å². The summed E-state index contributed by atoms with van der Waals surface area (Å²) in [5.41, 5.74) is 9.52. The summed E-state index contributed by atoms with van der Waals surface area (Å²) in [5, 5.41) is 15.1.